The standard InChI is InChI=1S/C26H21NO/c28-26(27-19-21-15-16-22-11-7-8-14-24(22)17-21)25(23-12-5-2-6-13-23)18-20-9-3-1-4-10-20/h1-18H,19H2,(H,27,28)/b25-18+. The van der Waals surface area contributed by atoms with Crippen molar-refractivity contribution in [3.63, 3.8) is 0 Å². The van der Waals surface area contributed by atoms with Crippen LogP contribution >= 0.6 is 0 Å². The van der Waals surface area contributed by atoms with Crippen molar-refractivity contribution in [3.8, 4) is 0 Å². The van der Waals surface area contributed by atoms with Crippen LogP contribution in [0, 0.1) is 0 Å². The lowest BCUT2D eigenvalue weighted by atomic mass is 10.0. The van der Waals surface area contributed by atoms with Gasteiger partial charge in [0.2, 0.25) is 0 Å². The lowest BCUT2D eigenvalue weighted by Crippen LogP contribution is -2.23. The summed E-state index contributed by atoms with van der Waals surface area (Å²) in [6.07, 6.45) is 1.94. The molecule has 0 aliphatic carbocycles. The molecule has 0 aliphatic rings. The Hall–Kier alpha value is -3.65. The van der Waals surface area contributed by atoms with Gasteiger partial charge < -0.3 is 5.32 Å². The smallest absolute Gasteiger partial charge is 0.252 e. The highest BCUT2D eigenvalue weighted by Crippen LogP contribution is 2.19. The number of nitrogens with one attached hydrogen (secondary N) is 1. The number of hydrogen-bond donors (Lipinski definition) is 1. The Bertz CT molecular complexity index is 1110. The third kappa shape index (κ3) is 4.18. The van der Waals surface area contributed by atoms with Gasteiger partial charge in [-0.1, -0.05) is 97.1 Å². The zero-order valence-electron chi connectivity index (χ0n) is 15.5. The lowest BCUT2D eigenvalue weighted by molar-refractivity contribution is -0.115. The molecular weight excluding hydrogens is 342 g/mol. The monoisotopic (exact) mass is 363 g/mol. The fraction of sp³-hybridized carbons (Fsp3) is 0.0385. The predicted molar refractivity (Wildman–Crippen MR) is 117 cm³/mol. The molecule has 0 saturated heterocycles. The average Bonchev–Trinajstić information content (AvgIpc) is 2.77. The normalized spacial score (nSPS) is 11.4. The zero-order valence-corrected chi connectivity index (χ0v) is 15.5. The zero-order chi connectivity index (χ0) is 19.2. The topological polar surface area (TPSA) is 29.1 Å². The van der Waals surface area contributed by atoms with E-state index < -0.39 is 0 Å². The molecule has 4 aromatic carbocycles. The van der Waals surface area contributed by atoms with E-state index in [4.69, 9.17) is 0 Å². The summed E-state index contributed by atoms with van der Waals surface area (Å²) in [5.41, 5.74) is 3.65. The highest BCUT2D eigenvalue weighted by molar-refractivity contribution is 6.24. The van der Waals surface area contributed by atoms with Gasteiger partial charge in [0.15, 0.2) is 0 Å². The second kappa shape index (κ2) is 8.36. The molecule has 2 heteroatoms. The van der Waals surface area contributed by atoms with Crippen LogP contribution in [0.15, 0.2) is 103 Å². The van der Waals surface area contributed by atoms with Crippen molar-refractivity contribution in [1.29, 1.82) is 0 Å². The maximum atomic E-state index is 13.0. The molecule has 1 N–H and O–H groups in total. The van der Waals surface area contributed by atoms with E-state index in [2.05, 4.69) is 35.6 Å². The highest BCUT2D eigenvalue weighted by Gasteiger charge is 2.12. The molecule has 4 rings (SSSR count). The summed E-state index contributed by atoms with van der Waals surface area (Å²) < 4.78 is 0. The van der Waals surface area contributed by atoms with Crippen LogP contribution in [0.25, 0.3) is 22.4 Å². The summed E-state index contributed by atoms with van der Waals surface area (Å²) in [4.78, 5) is 13.0. The molecule has 0 unspecified atom stereocenters. The largest absolute Gasteiger partial charge is 0.348 e. The maximum absolute atomic E-state index is 13.0. The van der Waals surface area contributed by atoms with Crippen molar-refractivity contribution in [3.05, 3.63) is 120 Å². The Morgan fingerprint density at radius 3 is 2.11 bits per heavy atom. The molecule has 4 aromatic rings. The van der Waals surface area contributed by atoms with Crippen LogP contribution in [0.3, 0.4) is 0 Å². The van der Waals surface area contributed by atoms with Crippen LogP contribution in [-0.4, -0.2) is 5.91 Å². The van der Waals surface area contributed by atoms with E-state index in [0.717, 1.165) is 16.7 Å². The minimum absolute atomic E-state index is 0.0804. The van der Waals surface area contributed by atoms with E-state index >= 15 is 0 Å². The van der Waals surface area contributed by atoms with Crippen molar-refractivity contribution in [2.45, 2.75) is 6.54 Å². The van der Waals surface area contributed by atoms with Crippen molar-refractivity contribution >= 4 is 28.3 Å². The van der Waals surface area contributed by atoms with Crippen LogP contribution in [0.2, 0.25) is 0 Å². The van der Waals surface area contributed by atoms with E-state index in [1.165, 1.54) is 10.8 Å². The van der Waals surface area contributed by atoms with E-state index in [0.29, 0.717) is 12.1 Å². The first-order chi connectivity index (χ1) is 13.8. The molecule has 0 aliphatic heterocycles. The summed E-state index contributed by atoms with van der Waals surface area (Å²) in [6.45, 7) is 0.489. The van der Waals surface area contributed by atoms with Gasteiger partial charge in [-0.2, -0.15) is 0 Å². The Morgan fingerprint density at radius 2 is 1.36 bits per heavy atom. The minimum Gasteiger partial charge on any atom is -0.348 e. The Morgan fingerprint density at radius 1 is 0.714 bits per heavy atom. The third-order valence-electron chi connectivity index (χ3n) is 4.71. The number of carbonyl (C=O) groups excluding carboxylic acids is 1. The van der Waals surface area contributed by atoms with Crippen LogP contribution in [0.5, 0.6) is 0 Å². The van der Waals surface area contributed by atoms with Gasteiger partial charge in [0.25, 0.3) is 5.91 Å². The molecule has 0 fully saturated rings. The second-order valence-corrected chi connectivity index (χ2v) is 6.70. The molecule has 0 heterocycles. The number of benzene rings is 4. The van der Waals surface area contributed by atoms with E-state index in [-0.39, 0.29) is 5.91 Å². The first-order valence-electron chi connectivity index (χ1n) is 9.38. The molecule has 0 atom stereocenters. The summed E-state index contributed by atoms with van der Waals surface area (Å²) in [6, 6.07) is 34.2. The first kappa shape index (κ1) is 17.7. The van der Waals surface area contributed by atoms with Crippen molar-refractivity contribution in [1.82, 2.24) is 5.32 Å². The Balaban J connectivity index is 1.57. The Kier molecular flexibility index (Phi) is 5.30. The van der Waals surface area contributed by atoms with Gasteiger partial charge in [-0.25, -0.2) is 0 Å². The molecule has 28 heavy (non-hydrogen) atoms. The van der Waals surface area contributed by atoms with Gasteiger partial charge in [0.05, 0.1) is 0 Å². The molecular formula is C26H21NO. The van der Waals surface area contributed by atoms with Gasteiger partial charge in [-0.15, -0.1) is 0 Å². The summed E-state index contributed by atoms with van der Waals surface area (Å²) in [7, 11) is 0. The molecule has 1 amide bonds. The molecule has 0 spiro atoms. The fourth-order valence-corrected chi connectivity index (χ4v) is 3.24. The van der Waals surface area contributed by atoms with Crippen molar-refractivity contribution in [2.75, 3.05) is 0 Å². The molecule has 0 saturated carbocycles. The van der Waals surface area contributed by atoms with Gasteiger partial charge in [0, 0.05) is 12.1 Å². The minimum atomic E-state index is -0.0804. The van der Waals surface area contributed by atoms with Crippen LogP contribution in [0.1, 0.15) is 16.7 Å². The van der Waals surface area contributed by atoms with E-state index in [9.17, 15) is 4.79 Å². The summed E-state index contributed by atoms with van der Waals surface area (Å²) in [5, 5.41) is 5.45. The van der Waals surface area contributed by atoms with Crippen LogP contribution < -0.4 is 5.32 Å². The fourth-order valence-electron chi connectivity index (χ4n) is 3.24. The van der Waals surface area contributed by atoms with Gasteiger partial charge in [0.1, 0.15) is 0 Å². The van der Waals surface area contributed by atoms with E-state index in [1.54, 1.807) is 0 Å². The van der Waals surface area contributed by atoms with Crippen molar-refractivity contribution in [2.24, 2.45) is 0 Å². The average molecular weight is 363 g/mol. The third-order valence-corrected chi connectivity index (χ3v) is 4.71. The first-order valence-corrected chi connectivity index (χ1v) is 9.38. The number of rotatable bonds is 5. The van der Waals surface area contributed by atoms with Gasteiger partial charge in [-0.05, 0) is 39.6 Å². The SMILES string of the molecule is O=C(NCc1ccc2ccccc2c1)/C(=C/c1ccccc1)c1ccccc1. The highest BCUT2D eigenvalue weighted by atomic mass is 16.1. The van der Waals surface area contributed by atoms with E-state index in [1.807, 2.05) is 78.9 Å². The second-order valence-electron chi connectivity index (χ2n) is 6.70. The quantitative estimate of drug-likeness (QED) is 0.358. The predicted octanol–water partition coefficient (Wildman–Crippen LogP) is 5.70. The number of amides is 1. The number of carbonyl (C=O) groups is 1. The van der Waals surface area contributed by atoms with Crippen molar-refractivity contribution < 1.29 is 4.79 Å². The van der Waals surface area contributed by atoms with Gasteiger partial charge in [-0.3, -0.25) is 4.79 Å². The van der Waals surface area contributed by atoms with Crippen LogP contribution in [-0.2, 0) is 11.3 Å². The lowest BCUT2D eigenvalue weighted by Gasteiger charge is -2.11. The molecule has 136 valence electrons. The molecule has 0 aromatic heterocycles. The Labute approximate surface area is 165 Å². The summed E-state index contributed by atoms with van der Waals surface area (Å²) >= 11 is 0. The van der Waals surface area contributed by atoms with Crippen LogP contribution in [0.4, 0.5) is 0 Å². The molecule has 2 nitrogen and oxygen atoms in total. The van der Waals surface area contributed by atoms with Gasteiger partial charge >= 0.3 is 0 Å². The number of fused-ring (bicyclic) bond motifs is 1. The molecule has 0 bridgehead atoms. The maximum Gasteiger partial charge on any atom is 0.252 e. The number of hydrogen-bond acceptors (Lipinski definition) is 1. The summed E-state index contributed by atoms with van der Waals surface area (Å²) in [5.74, 6) is -0.0804. The molecule has 0 radical (unpaired) electrons.